The van der Waals surface area contributed by atoms with Gasteiger partial charge in [-0.25, -0.2) is 4.21 Å². The molecule has 3 N–H and O–H groups in total. The number of fused-ring (bicyclic) bond motifs is 1. The summed E-state index contributed by atoms with van der Waals surface area (Å²) in [6.07, 6.45) is 0. The summed E-state index contributed by atoms with van der Waals surface area (Å²) in [5, 5.41) is 0. The van der Waals surface area contributed by atoms with Gasteiger partial charge in [0.2, 0.25) is 11.2 Å². The standard InChI is InChI=1S/C8H9N3O2S/c1-13-5-2-3-6-7(4-5)10-14(12)11-8(6)9/h2-4,10H,1H3,(H2,9,11). The van der Waals surface area contributed by atoms with Crippen LogP contribution in [0.25, 0.3) is 0 Å². The number of ether oxygens (including phenoxy) is 1. The third-order valence-electron chi connectivity index (χ3n) is 1.88. The van der Waals surface area contributed by atoms with Gasteiger partial charge in [-0.3, -0.25) is 4.72 Å². The quantitative estimate of drug-likeness (QED) is 0.706. The van der Waals surface area contributed by atoms with E-state index < -0.39 is 11.2 Å². The number of nitrogens with two attached hydrogens (primary N) is 1. The number of nitrogens with zero attached hydrogens (tertiary/aromatic N) is 1. The number of anilines is 1. The molecular formula is C8H9N3O2S. The molecule has 0 radical (unpaired) electrons. The van der Waals surface area contributed by atoms with Crippen molar-refractivity contribution in [2.45, 2.75) is 0 Å². The lowest BCUT2D eigenvalue weighted by Crippen LogP contribution is -2.22. The molecule has 1 atom stereocenters. The zero-order valence-corrected chi connectivity index (χ0v) is 8.30. The Morgan fingerprint density at radius 1 is 1.57 bits per heavy atom. The van der Waals surface area contributed by atoms with E-state index in [2.05, 4.69) is 9.12 Å². The van der Waals surface area contributed by atoms with E-state index in [0.717, 1.165) is 5.56 Å². The van der Waals surface area contributed by atoms with Crippen molar-refractivity contribution < 1.29 is 8.95 Å². The molecule has 1 aromatic rings. The van der Waals surface area contributed by atoms with Crippen LogP contribution in [0.3, 0.4) is 0 Å². The van der Waals surface area contributed by atoms with Crippen LogP contribution in [0.4, 0.5) is 5.69 Å². The first-order valence-corrected chi connectivity index (χ1v) is 5.02. The third kappa shape index (κ3) is 1.44. The summed E-state index contributed by atoms with van der Waals surface area (Å²) in [4.78, 5) is 0. The van der Waals surface area contributed by atoms with E-state index in [9.17, 15) is 4.21 Å². The number of hydrogen-bond acceptors (Lipinski definition) is 3. The molecule has 1 aliphatic rings. The van der Waals surface area contributed by atoms with E-state index in [4.69, 9.17) is 10.5 Å². The second-order valence-corrected chi connectivity index (χ2v) is 3.62. The maximum absolute atomic E-state index is 11.1. The van der Waals surface area contributed by atoms with E-state index in [1.807, 2.05) is 0 Å². The maximum atomic E-state index is 11.1. The molecule has 5 nitrogen and oxygen atoms in total. The van der Waals surface area contributed by atoms with E-state index in [0.29, 0.717) is 11.4 Å². The molecule has 0 bridgehead atoms. The summed E-state index contributed by atoms with van der Waals surface area (Å²) >= 11 is -1.48. The van der Waals surface area contributed by atoms with Crippen LogP contribution in [-0.4, -0.2) is 17.2 Å². The summed E-state index contributed by atoms with van der Waals surface area (Å²) in [6, 6.07) is 5.28. The SMILES string of the molecule is COc1ccc2c(c1)NS(=O)N=C2N. The van der Waals surface area contributed by atoms with Gasteiger partial charge in [0.1, 0.15) is 11.6 Å². The van der Waals surface area contributed by atoms with Gasteiger partial charge in [0.05, 0.1) is 12.8 Å². The first-order chi connectivity index (χ1) is 6.70. The Labute approximate surface area is 83.7 Å². The third-order valence-corrected chi connectivity index (χ3v) is 2.64. The van der Waals surface area contributed by atoms with Crippen LogP contribution in [0.5, 0.6) is 5.75 Å². The predicted molar refractivity (Wildman–Crippen MR) is 55.5 cm³/mol. The molecule has 6 heteroatoms. The van der Waals surface area contributed by atoms with E-state index in [-0.39, 0.29) is 5.84 Å². The summed E-state index contributed by atoms with van der Waals surface area (Å²) in [7, 11) is 1.57. The summed E-state index contributed by atoms with van der Waals surface area (Å²) in [6.45, 7) is 0. The number of hydrogen-bond donors (Lipinski definition) is 2. The van der Waals surface area contributed by atoms with E-state index in [1.165, 1.54) is 0 Å². The van der Waals surface area contributed by atoms with Crippen molar-refractivity contribution in [3.8, 4) is 5.75 Å². The maximum Gasteiger partial charge on any atom is 0.245 e. The Morgan fingerprint density at radius 2 is 2.36 bits per heavy atom. The van der Waals surface area contributed by atoms with Crippen LogP contribution in [0.1, 0.15) is 5.56 Å². The molecule has 0 amide bonds. The molecule has 1 aromatic carbocycles. The number of benzene rings is 1. The number of rotatable bonds is 1. The topological polar surface area (TPSA) is 76.7 Å². The number of nitrogens with one attached hydrogen (secondary N) is 1. The monoisotopic (exact) mass is 211 g/mol. The van der Waals surface area contributed by atoms with Crippen molar-refractivity contribution in [1.82, 2.24) is 0 Å². The van der Waals surface area contributed by atoms with Crippen LogP contribution < -0.4 is 15.2 Å². The van der Waals surface area contributed by atoms with Crippen LogP contribution in [0.2, 0.25) is 0 Å². The Morgan fingerprint density at radius 3 is 3.07 bits per heavy atom. The van der Waals surface area contributed by atoms with Crippen LogP contribution in [0, 0.1) is 0 Å². The number of amidine groups is 1. The smallest absolute Gasteiger partial charge is 0.245 e. The lowest BCUT2D eigenvalue weighted by Gasteiger charge is -2.15. The van der Waals surface area contributed by atoms with Gasteiger partial charge in [-0.15, -0.1) is 0 Å². The second kappa shape index (κ2) is 3.30. The Balaban J connectivity index is 2.52. The van der Waals surface area contributed by atoms with Gasteiger partial charge in [-0.2, -0.15) is 4.40 Å². The summed E-state index contributed by atoms with van der Waals surface area (Å²) in [5.74, 6) is 0.961. The van der Waals surface area contributed by atoms with Crippen molar-refractivity contribution in [1.29, 1.82) is 0 Å². The molecule has 74 valence electrons. The zero-order valence-electron chi connectivity index (χ0n) is 7.48. The van der Waals surface area contributed by atoms with E-state index in [1.54, 1.807) is 25.3 Å². The predicted octanol–water partition coefficient (Wildman–Crippen LogP) is 0.405. The van der Waals surface area contributed by atoms with Gasteiger partial charge in [0, 0.05) is 11.6 Å². The second-order valence-electron chi connectivity index (χ2n) is 2.74. The molecule has 1 aliphatic heterocycles. The average molecular weight is 211 g/mol. The fraction of sp³-hybridized carbons (Fsp3) is 0.125. The van der Waals surface area contributed by atoms with Crippen LogP contribution >= 0.6 is 0 Å². The van der Waals surface area contributed by atoms with Crippen molar-refractivity contribution in [3.05, 3.63) is 23.8 Å². The first kappa shape index (κ1) is 9.01. The molecule has 1 unspecified atom stereocenters. The summed E-state index contributed by atoms with van der Waals surface area (Å²) < 4.78 is 22.5. The molecule has 0 fully saturated rings. The van der Waals surface area contributed by atoms with Crippen molar-refractivity contribution in [2.24, 2.45) is 10.1 Å². The highest BCUT2D eigenvalue weighted by atomic mass is 32.2. The minimum Gasteiger partial charge on any atom is -0.497 e. The zero-order chi connectivity index (χ0) is 10.1. The highest BCUT2D eigenvalue weighted by molar-refractivity contribution is 7.85. The molecule has 0 saturated heterocycles. The lowest BCUT2D eigenvalue weighted by atomic mass is 10.1. The van der Waals surface area contributed by atoms with Crippen LogP contribution in [-0.2, 0) is 11.2 Å². The molecule has 0 aliphatic carbocycles. The fourth-order valence-corrected chi connectivity index (χ4v) is 1.89. The Hall–Kier alpha value is -1.56. The number of methoxy groups -OCH3 is 1. The molecular weight excluding hydrogens is 202 g/mol. The van der Waals surface area contributed by atoms with Gasteiger partial charge in [0.15, 0.2) is 0 Å². The van der Waals surface area contributed by atoms with Crippen molar-refractivity contribution in [2.75, 3.05) is 11.8 Å². The van der Waals surface area contributed by atoms with Gasteiger partial charge < -0.3 is 10.5 Å². The molecule has 0 saturated carbocycles. The largest absolute Gasteiger partial charge is 0.497 e. The minimum absolute atomic E-state index is 0.278. The van der Waals surface area contributed by atoms with E-state index >= 15 is 0 Å². The Bertz CT molecular complexity index is 431. The summed E-state index contributed by atoms with van der Waals surface area (Å²) in [5.41, 5.74) is 7.02. The van der Waals surface area contributed by atoms with Gasteiger partial charge >= 0.3 is 0 Å². The molecule has 14 heavy (non-hydrogen) atoms. The lowest BCUT2D eigenvalue weighted by molar-refractivity contribution is 0.415. The molecule has 2 rings (SSSR count). The molecule has 0 spiro atoms. The highest BCUT2D eigenvalue weighted by Gasteiger charge is 2.15. The van der Waals surface area contributed by atoms with Gasteiger partial charge in [-0.1, -0.05) is 0 Å². The van der Waals surface area contributed by atoms with Crippen molar-refractivity contribution in [3.63, 3.8) is 0 Å². The molecule has 1 heterocycles. The first-order valence-electron chi connectivity index (χ1n) is 3.92. The minimum atomic E-state index is -1.48. The normalized spacial score (nSPS) is 19.2. The van der Waals surface area contributed by atoms with Gasteiger partial charge in [-0.05, 0) is 12.1 Å². The van der Waals surface area contributed by atoms with Crippen LogP contribution in [0.15, 0.2) is 22.6 Å². The van der Waals surface area contributed by atoms with Crippen molar-refractivity contribution >= 4 is 22.7 Å². The average Bonchev–Trinajstić information content (AvgIpc) is 2.16. The Kier molecular flexibility index (Phi) is 2.12. The highest BCUT2D eigenvalue weighted by Crippen LogP contribution is 2.25. The fourth-order valence-electron chi connectivity index (χ4n) is 1.21. The molecule has 0 aromatic heterocycles. The van der Waals surface area contributed by atoms with Gasteiger partial charge in [0.25, 0.3) is 0 Å².